The Bertz CT molecular complexity index is 764. The highest BCUT2D eigenvalue weighted by molar-refractivity contribution is 5.78. The summed E-state index contributed by atoms with van der Waals surface area (Å²) in [5.74, 6) is 1.29. The molecule has 0 aromatic carbocycles. The van der Waals surface area contributed by atoms with E-state index in [1.165, 1.54) is 0 Å². The molecule has 136 valence electrons. The molecule has 1 aliphatic carbocycles. The lowest BCUT2D eigenvalue weighted by atomic mass is 9.78. The number of amides is 1. The van der Waals surface area contributed by atoms with Crippen LogP contribution in [0, 0.1) is 0 Å². The molecule has 1 atom stereocenters. The second-order valence-electron chi connectivity index (χ2n) is 7.15. The van der Waals surface area contributed by atoms with E-state index >= 15 is 0 Å². The first-order chi connectivity index (χ1) is 12.7. The van der Waals surface area contributed by atoms with Crippen molar-refractivity contribution >= 4 is 11.7 Å². The van der Waals surface area contributed by atoms with Crippen molar-refractivity contribution in [3.63, 3.8) is 0 Å². The molecule has 0 spiro atoms. The minimum absolute atomic E-state index is 0.0501. The van der Waals surface area contributed by atoms with Crippen molar-refractivity contribution < 1.29 is 9.90 Å². The number of aliphatic hydroxyl groups is 1. The Morgan fingerprint density at radius 2 is 2.08 bits per heavy atom. The van der Waals surface area contributed by atoms with Gasteiger partial charge in [0.2, 0.25) is 5.91 Å². The molecule has 7 nitrogen and oxygen atoms in total. The molecule has 7 heteroatoms. The predicted octanol–water partition coefficient (Wildman–Crippen LogP) is 1.05. The molecule has 1 amide bonds. The van der Waals surface area contributed by atoms with Gasteiger partial charge in [0.1, 0.15) is 12.1 Å². The highest BCUT2D eigenvalue weighted by atomic mass is 16.3. The summed E-state index contributed by atoms with van der Waals surface area (Å²) in [6, 6.07) is 5.96. The second kappa shape index (κ2) is 7.37. The Labute approximate surface area is 152 Å². The lowest BCUT2D eigenvalue weighted by Gasteiger charge is -2.35. The SMILES string of the molecule is O=C(Cc1ccncc1)NC1CC(c2cc(N3CCC(O)C3)ncn2)C1. The van der Waals surface area contributed by atoms with Crippen molar-refractivity contribution in [1.29, 1.82) is 0 Å². The largest absolute Gasteiger partial charge is 0.391 e. The number of nitrogens with one attached hydrogen (secondary N) is 1. The summed E-state index contributed by atoms with van der Waals surface area (Å²) in [7, 11) is 0. The third kappa shape index (κ3) is 3.83. The summed E-state index contributed by atoms with van der Waals surface area (Å²) in [5.41, 5.74) is 2.00. The number of aliphatic hydroxyl groups excluding tert-OH is 1. The first-order valence-corrected chi connectivity index (χ1v) is 9.10. The number of carbonyl (C=O) groups is 1. The summed E-state index contributed by atoms with van der Waals surface area (Å²) in [5, 5.41) is 12.8. The van der Waals surface area contributed by atoms with Gasteiger partial charge in [0.15, 0.2) is 0 Å². The molecular formula is C19H23N5O2. The molecule has 2 aromatic rings. The van der Waals surface area contributed by atoms with Crippen LogP contribution in [0.1, 0.15) is 36.4 Å². The van der Waals surface area contributed by atoms with Crippen molar-refractivity contribution in [2.24, 2.45) is 0 Å². The lowest BCUT2D eigenvalue weighted by Crippen LogP contribution is -2.44. The average molecular weight is 353 g/mol. The highest BCUT2D eigenvalue weighted by Gasteiger charge is 2.33. The minimum atomic E-state index is -0.267. The molecule has 4 rings (SSSR count). The quantitative estimate of drug-likeness (QED) is 0.835. The van der Waals surface area contributed by atoms with E-state index in [1.807, 2.05) is 18.2 Å². The molecule has 2 N–H and O–H groups in total. The van der Waals surface area contributed by atoms with Gasteiger partial charge in [-0.3, -0.25) is 9.78 Å². The van der Waals surface area contributed by atoms with Crippen LogP contribution in [-0.2, 0) is 11.2 Å². The Morgan fingerprint density at radius 1 is 1.27 bits per heavy atom. The highest BCUT2D eigenvalue weighted by Crippen LogP contribution is 2.36. The van der Waals surface area contributed by atoms with Crippen LogP contribution < -0.4 is 10.2 Å². The zero-order valence-corrected chi connectivity index (χ0v) is 14.6. The number of pyridine rings is 1. The maximum atomic E-state index is 12.1. The van der Waals surface area contributed by atoms with E-state index < -0.39 is 0 Å². The Kier molecular flexibility index (Phi) is 4.79. The van der Waals surface area contributed by atoms with Crippen molar-refractivity contribution in [3.8, 4) is 0 Å². The van der Waals surface area contributed by atoms with Gasteiger partial charge in [-0.25, -0.2) is 9.97 Å². The first-order valence-electron chi connectivity index (χ1n) is 9.10. The van der Waals surface area contributed by atoms with Gasteiger partial charge in [-0.05, 0) is 37.0 Å². The number of hydrogen-bond acceptors (Lipinski definition) is 6. The molecule has 1 saturated heterocycles. The number of hydrogen-bond donors (Lipinski definition) is 2. The topological polar surface area (TPSA) is 91.2 Å². The number of carbonyl (C=O) groups excluding carboxylic acids is 1. The Hall–Kier alpha value is -2.54. The summed E-state index contributed by atoms with van der Waals surface area (Å²) < 4.78 is 0. The minimum Gasteiger partial charge on any atom is -0.391 e. The predicted molar refractivity (Wildman–Crippen MR) is 96.7 cm³/mol. The number of rotatable bonds is 5. The standard InChI is InChI=1S/C19H23N5O2/c25-16-3-6-24(11-16)18-10-17(21-12-22-18)14-8-15(9-14)23-19(26)7-13-1-4-20-5-2-13/h1-2,4-5,10,12,14-16,25H,3,6-9,11H2,(H,23,26). The van der Waals surface area contributed by atoms with Crippen molar-refractivity contribution in [2.45, 2.75) is 43.7 Å². The van der Waals surface area contributed by atoms with Gasteiger partial charge >= 0.3 is 0 Å². The average Bonchev–Trinajstić information content (AvgIpc) is 3.05. The van der Waals surface area contributed by atoms with E-state index in [2.05, 4.69) is 25.2 Å². The van der Waals surface area contributed by atoms with Crippen LogP contribution in [0.4, 0.5) is 5.82 Å². The van der Waals surface area contributed by atoms with E-state index in [1.54, 1.807) is 18.7 Å². The van der Waals surface area contributed by atoms with E-state index in [4.69, 9.17) is 0 Å². The molecule has 2 fully saturated rings. The van der Waals surface area contributed by atoms with E-state index in [9.17, 15) is 9.90 Å². The van der Waals surface area contributed by atoms with Crippen LogP contribution in [0.2, 0.25) is 0 Å². The monoisotopic (exact) mass is 353 g/mol. The molecule has 2 aromatic heterocycles. The Morgan fingerprint density at radius 3 is 2.81 bits per heavy atom. The smallest absolute Gasteiger partial charge is 0.224 e. The molecule has 1 saturated carbocycles. The fourth-order valence-corrected chi connectivity index (χ4v) is 3.65. The first kappa shape index (κ1) is 16.9. The summed E-state index contributed by atoms with van der Waals surface area (Å²) >= 11 is 0. The maximum Gasteiger partial charge on any atom is 0.224 e. The Balaban J connectivity index is 1.29. The molecular weight excluding hydrogens is 330 g/mol. The van der Waals surface area contributed by atoms with Crippen LogP contribution in [0.15, 0.2) is 36.9 Å². The number of β-amino-alcohol motifs (C(OH)–C–C–N with tert-alkyl or cyclic N) is 1. The number of nitrogens with zero attached hydrogens (tertiary/aromatic N) is 4. The summed E-state index contributed by atoms with van der Waals surface area (Å²) in [6.07, 6.45) is 7.72. The van der Waals surface area contributed by atoms with Gasteiger partial charge in [-0.1, -0.05) is 0 Å². The van der Waals surface area contributed by atoms with E-state index in [0.717, 1.165) is 42.9 Å². The van der Waals surface area contributed by atoms with Gasteiger partial charge in [0.25, 0.3) is 0 Å². The lowest BCUT2D eigenvalue weighted by molar-refractivity contribution is -0.121. The molecule has 0 bridgehead atoms. The fourth-order valence-electron chi connectivity index (χ4n) is 3.65. The van der Waals surface area contributed by atoms with Crippen molar-refractivity contribution in [3.05, 3.63) is 48.2 Å². The van der Waals surface area contributed by atoms with Crippen molar-refractivity contribution in [2.75, 3.05) is 18.0 Å². The van der Waals surface area contributed by atoms with E-state index in [-0.39, 0.29) is 18.1 Å². The number of anilines is 1. The maximum absolute atomic E-state index is 12.1. The summed E-state index contributed by atoms with van der Waals surface area (Å²) in [4.78, 5) is 26.9. The molecule has 1 aliphatic heterocycles. The van der Waals surface area contributed by atoms with Crippen LogP contribution in [0.5, 0.6) is 0 Å². The van der Waals surface area contributed by atoms with Crippen LogP contribution in [0.3, 0.4) is 0 Å². The molecule has 26 heavy (non-hydrogen) atoms. The normalized spacial score (nSPS) is 25.0. The zero-order valence-electron chi connectivity index (χ0n) is 14.6. The summed E-state index contributed by atoms with van der Waals surface area (Å²) in [6.45, 7) is 1.46. The van der Waals surface area contributed by atoms with Crippen molar-refractivity contribution in [1.82, 2.24) is 20.3 Å². The van der Waals surface area contributed by atoms with Crippen LogP contribution >= 0.6 is 0 Å². The van der Waals surface area contributed by atoms with Crippen LogP contribution in [0.25, 0.3) is 0 Å². The molecule has 0 radical (unpaired) electrons. The fraction of sp³-hybridized carbons (Fsp3) is 0.474. The third-order valence-corrected chi connectivity index (χ3v) is 5.20. The molecule has 3 heterocycles. The van der Waals surface area contributed by atoms with Gasteiger partial charge in [0, 0.05) is 49.2 Å². The van der Waals surface area contributed by atoms with Gasteiger partial charge in [0.05, 0.1) is 12.5 Å². The van der Waals surface area contributed by atoms with E-state index in [0.29, 0.717) is 18.9 Å². The second-order valence-corrected chi connectivity index (χ2v) is 7.15. The molecule has 1 unspecified atom stereocenters. The third-order valence-electron chi connectivity index (χ3n) is 5.20. The van der Waals surface area contributed by atoms with Crippen LogP contribution in [-0.4, -0.2) is 51.2 Å². The van der Waals surface area contributed by atoms with Gasteiger partial charge < -0.3 is 15.3 Å². The van der Waals surface area contributed by atoms with Gasteiger partial charge in [-0.2, -0.15) is 0 Å². The van der Waals surface area contributed by atoms with Gasteiger partial charge in [-0.15, -0.1) is 0 Å². The molecule has 2 aliphatic rings. The number of aromatic nitrogens is 3. The zero-order chi connectivity index (χ0) is 17.9.